The van der Waals surface area contributed by atoms with Crippen LogP contribution in [0.3, 0.4) is 0 Å². The number of aliphatic hydroxyl groups excluding tert-OH is 1. The van der Waals surface area contributed by atoms with E-state index in [4.69, 9.17) is 30.5 Å². The van der Waals surface area contributed by atoms with Gasteiger partial charge in [-0.15, -0.1) is 0 Å². The molecule has 0 amide bonds. The van der Waals surface area contributed by atoms with Crippen LogP contribution in [-0.2, 0) is 18.6 Å². The van der Waals surface area contributed by atoms with Crippen molar-refractivity contribution in [1.29, 1.82) is 0 Å². The fraction of sp³-hybridized carbons (Fsp3) is 0.389. The summed E-state index contributed by atoms with van der Waals surface area (Å²) in [6, 6.07) is 7.68. The number of benzene rings is 1. The molecule has 1 unspecified atom stereocenters. The molecule has 1 aliphatic heterocycles. The summed E-state index contributed by atoms with van der Waals surface area (Å²) in [5.74, 6) is -1.16. The Hall–Kier alpha value is -1.99. The van der Waals surface area contributed by atoms with Crippen molar-refractivity contribution in [1.82, 2.24) is 14.6 Å². The lowest BCUT2D eigenvalue weighted by Crippen LogP contribution is -2.41. The highest BCUT2D eigenvalue weighted by Gasteiger charge is 2.55. The lowest BCUT2D eigenvalue weighted by Gasteiger charge is -2.25. The Morgan fingerprint density at radius 1 is 1.39 bits per heavy atom. The Labute approximate surface area is 200 Å². The summed E-state index contributed by atoms with van der Waals surface area (Å²) in [5.41, 5.74) is -1.47. The summed E-state index contributed by atoms with van der Waals surface area (Å²) in [6.45, 7) is 0.688. The maximum atomic E-state index is 13.3. The molecule has 2 heterocycles. The average molecular weight is 569 g/mol. The lowest BCUT2D eigenvalue weighted by molar-refractivity contribution is -0.138. The molecular formula is C18H20BrClN3O9P. The molecule has 1 fully saturated rings. The first-order valence-electron chi connectivity index (χ1n) is 9.45. The van der Waals surface area contributed by atoms with E-state index in [2.05, 4.69) is 21.0 Å². The van der Waals surface area contributed by atoms with Gasteiger partial charge in [0.05, 0.1) is 6.61 Å². The van der Waals surface area contributed by atoms with Gasteiger partial charge in [0.1, 0.15) is 24.0 Å². The normalized spacial score (nSPS) is 27.6. The predicted molar refractivity (Wildman–Crippen MR) is 120 cm³/mol. The number of para-hydroxylation sites is 1. The zero-order valence-electron chi connectivity index (χ0n) is 17.0. The van der Waals surface area contributed by atoms with Crippen LogP contribution in [0.5, 0.6) is 5.75 Å². The number of halogens is 2. The molecule has 12 nitrogen and oxygen atoms in total. The highest BCUT2D eigenvalue weighted by atomic mass is 79.9. The van der Waals surface area contributed by atoms with Gasteiger partial charge in [-0.25, -0.2) is 9.36 Å². The summed E-state index contributed by atoms with van der Waals surface area (Å²) in [7, 11) is -4.28. The maximum absolute atomic E-state index is 13.3. The number of aliphatic carboxylic acids is 1. The minimum atomic E-state index is -4.28. The number of hydrogen-bond acceptors (Lipinski definition) is 8. The van der Waals surface area contributed by atoms with Crippen LogP contribution in [0, 0.1) is 0 Å². The van der Waals surface area contributed by atoms with Gasteiger partial charge in [0.2, 0.25) is 0 Å². The molecular weight excluding hydrogens is 549 g/mol. The van der Waals surface area contributed by atoms with E-state index in [9.17, 15) is 24.1 Å². The maximum Gasteiger partial charge on any atom is 0.459 e. The molecule has 1 saturated heterocycles. The SMILES string of the molecule is CC(N[P@](=O)(OC[C@H]1O[C@@H](n2ccc(=O)[nH]c2=O)[C@@](Cl)(Br)[C@@H]1O)Oc1ccccc1)C(=O)O. The molecule has 4 N–H and O–H groups in total. The number of aromatic amines is 1. The standard InChI is InChI=1S/C18H20BrClN3O9P/c1-10(15(26)27)22-33(29,32-11-5-3-2-4-6-11)30-9-12-14(25)18(19,20)16(31-12)23-8-7-13(24)21-17(23)28/h2-8,10,12,14,16,25H,9H2,1H3,(H,22,29)(H,26,27)(H,21,24,28)/t10?,12-,14-,16-,18-,33+/m1/s1. The van der Waals surface area contributed by atoms with Crippen molar-refractivity contribution < 1.29 is 33.4 Å². The van der Waals surface area contributed by atoms with Crippen molar-refractivity contribution in [3.8, 4) is 5.75 Å². The minimum Gasteiger partial charge on any atom is -0.480 e. The fourth-order valence-corrected chi connectivity index (χ4v) is 5.32. The predicted octanol–water partition coefficient (Wildman–Crippen LogP) is 1.39. The molecule has 180 valence electrons. The van der Waals surface area contributed by atoms with Crippen molar-refractivity contribution in [2.24, 2.45) is 0 Å². The van der Waals surface area contributed by atoms with E-state index in [0.29, 0.717) is 0 Å². The average Bonchev–Trinajstić information content (AvgIpc) is 2.96. The fourth-order valence-electron chi connectivity index (χ4n) is 2.89. The molecule has 2 aromatic rings. The molecule has 1 aromatic heterocycles. The minimum absolute atomic E-state index is 0.142. The number of carbonyl (C=O) groups is 1. The van der Waals surface area contributed by atoms with Gasteiger partial charge in [0.15, 0.2) is 10.0 Å². The molecule has 1 aromatic carbocycles. The van der Waals surface area contributed by atoms with Gasteiger partial charge in [-0.3, -0.25) is 23.7 Å². The number of nitrogens with zero attached hydrogens (tertiary/aromatic N) is 1. The highest BCUT2D eigenvalue weighted by molar-refractivity contribution is 9.10. The van der Waals surface area contributed by atoms with Gasteiger partial charge in [-0.1, -0.05) is 45.7 Å². The second kappa shape index (κ2) is 10.1. The molecule has 3 rings (SSSR count). The lowest BCUT2D eigenvalue weighted by atomic mass is 10.2. The van der Waals surface area contributed by atoms with Crippen LogP contribution in [0.4, 0.5) is 0 Å². The Morgan fingerprint density at radius 3 is 2.67 bits per heavy atom. The molecule has 15 heteroatoms. The van der Waals surface area contributed by atoms with Crippen molar-refractivity contribution in [3.63, 3.8) is 0 Å². The van der Waals surface area contributed by atoms with Gasteiger partial charge >= 0.3 is 19.4 Å². The third-order valence-electron chi connectivity index (χ3n) is 4.58. The van der Waals surface area contributed by atoms with Gasteiger partial charge in [-0.2, -0.15) is 5.09 Å². The first-order chi connectivity index (χ1) is 15.4. The second-order valence-corrected chi connectivity index (χ2v) is 11.1. The number of aliphatic hydroxyl groups is 1. The van der Waals surface area contributed by atoms with Crippen LogP contribution in [0.25, 0.3) is 0 Å². The zero-order valence-corrected chi connectivity index (χ0v) is 20.2. The first kappa shape index (κ1) is 25.6. The number of aromatic nitrogens is 2. The molecule has 0 spiro atoms. The summed E-state index contributed by atoms with van der Waals surface area (Å²) in [4.78, 5) is 36.8. The van der Waals surface area contributed by atoms with E-state index in [1.165, 1.54) is 19.1 Å². The summed E-state index contributed by atoms with van der Waals surface area (Å²) < 4.78 is 29.0. The number of rotatable bonds is 9. The molecule has 33 heavy (non-hydrogen) atoms. The number of hydrogen-bond donors (Lipinski definition) is 4. The van der Waals surface area contributed by atoms with E-state index in [0.717, 1.165) is 16.8 Å². The number of alkyl halides is 2. The van der Waals surface area contributed by atoms with Crippen LogP contribution in [0.15, 0.2) is 52.2 Å². The Kier molecular flexibility index (Phi) is 7.84. The third kappa shape index (κ3) is 5.93. The van der Waals surface area contributed by atoms with E-state index in [1.807, 2.05) is 4.98 Å². The van der Waals surface area contributed by atoms with Crippen LogP contribution in [0.1, 0.15) is 13.2 Å². The van der Waals surface area contributed by atoms with Crippen LogP contribution in [-0.4, -0.2) is 54.4 Å². The Balaban J connectivity index is 1.80. The monoisotopic (exact) mass is 567 g/mol. The Bertz CT molecular complexity index is 1160. The summed E-state index contributed by atoms with van der Waals surface area (Å²) >= 11 is 9.50. The molecule has 0 bridgehead atoms. The van der Waals surface area contributed by atoms with Crippen LogP contribution in [0.2, 0.25) is 0 Å². The van der Waals surface area contributed by atoms with E-state index >= 15 is 0 Å². The second-order valence-electron chi connectivity index (χ2n) is 7.05. The largest absolute Gasteiger partial charge is 0.480 e. The quantitative estimate of drug-likeness (QED) is 0.256. The van der Waals surface area contributed by atoms with Gasteiger partial charge < -0.3 is 19.5 Å². The highest BCUT2D eigenvalue weighted by Crippen LogP contribution is 2.50. The van der Waals surface area contributed by atoms with Crippen LogP contribution >= 0.6 is 35.3 Å². The molecule has 0 radical (unpaired) electrons. The number of carboxylic acids is 1. The van der Waals surface area contributed by atoms with Crippen molar-refractivity contribution in [2.75, 3.05) is 6.61 Å². The third-order valence-corrected chi connectivity index (χ3v) is 7.50. The summed E-state index contributed by atoms with van der Waals surface area (Å²) in [5, 5.41) is 22.1. The smallest absolute Gasteiger partial charge is 0.459 e. The van der Waals surface area contributed by atoms with E-state index in [-0.39, 0.29) is 5.75 Å². The molecule has 0 aliphatic carbocycles. The zero-order chi connectivity index (χ0) is 24.4. The number of ether oxygens (including phenoxy) is 1. The van der Waals surface area contributed by atoms with Crippen molar-refractivity contribution in [3.05, 3.63) is 63.4 Å². The Morgan fingerprint density at radius 2 is 2.06 bits per heavy atom. The molecule has 0 saturated carbocycles. The van der Waals surface area contributed by atoms with E-state index < -0.39 is 59.8 Å². The van der Waals surface area contributed by atoms with Crippen molar-refractivity contribution in [2.45, 2.75) is 35.2 Å². The van der Waals surface area contributed by atoms with Gasteiger partial charge in [-0.05, 0) is 19.1 Å². The summed E-state index contributed by atoms with van der Waals surface area (Å²) in [6.07, 6.45) is -2.85. The number of nitrogens with one attached hydrogen (secondary N) is 2. The topological polar surface area (TPSA) is 169 Å². The molecule has 1 aliphatic rings. The molecule has 6 atom stereocenters. The first-order valence-corrected chi connectivity index (χ1v) is 12.2. The van der Waals surface area contributed by atoms with Crippen LogP contribution < -0.4 is 20.9 Å². The van der Waals surface area contributed by atoms with Gasteiger partial charge in [0.25, 0.3) is 5.56 Å². The van der Waals surface area contributed by atoms with Crippen molar-refractivity contribution >= 4 is 41.2 Å². The van der Waals surface area contributed by atoms with E-state index in [1.54, 1.807) is 18.2 Å². The van der Waals surface area contributed by atoms with Gasteiger partial charge in [0, 0.05) is 12.3 Å². The number of carboxylic acid groups (broad SMARTS) is 1. The number of H-pyrrole nitrogens is 1.